The average molecular weight is 312 g/mol. The Morgan fingerprint density at radius 2 is 2.38 bits per heavy atom. The number of aromatic nitrogens is 1. The van der Waals surface area contributed by atoms with E-state index in [1.165, 1.54) is 12.8 Å². The average Bonchev–Trinajstić information content (AvgIpc) is 3.00. The second-order valence-corrected chi connectivity index (χ2v) is 7.05. The van der Waals surface area contributed by atoms with Crippen LogP contribution < -0.4 is 5.32 Å². The Balaban J connectivity index is 1.66. The normalized spacial score (nSPS) is 25.7. The summed E-state index contributed by atoms with van der Waals surface area (Å²) in [4.78, 5) is 4.34. The van der Waals surface area contributed by atoms with E-state index in [0.717, 1.165) is 30.2 Å². The molecule has 4 atom stereocenters. The van der Waals surface area contributed by atoms with Gasteiger partial charge in [-0.3, -0.25) is 0 Å². The lowest BCUT2D eigenvalue weighted by molar-refractivity contribution is -0.0312. The summed E-state index contributed by atoms with van der Waals surface area (Å²) in [5.41, 5.74) is 0. The lowest BCUT2D eigenvalue weighted by atomic mass is 9.89. The number of ether oxygens (including phenoxy) is 1. The van der Waals surface area contributed by atoms with Gasteiger partial charge in [-0.15, -0.1) is 11.3 Å². The number of nitrogens with zero attached hydrogens (tertiary/aromatic N) is 1. The monoisotopic (exact) mass is 312 g/mol. The third-order valence-electron chi connectivity index (χ3n) is 4.17. The molecule has 0 bridgehead atoms. The molecule has 1 heterocycles. The van der Waals surface area contributed by atoms with Crippen molar-refractivity contribution in [1.82, 2.24) is 10.3 Å². The second kappa shape index (κ2) is 8.83. The molecule has 0 amide bonds. The number of nitrogens with one attached hydrogen (secondary N) is 1. The molecule has 0 aliphatic heterocycles. The molecule has 2 N–H and O–H groups in total. The highest BCUT2D eigenvalue weighted by Gasteiger charge is 2.20. The molecule has 0 saturated heterocycles. The molecule has 0 aromatic carbocycles. The van der Waals surface area contributed by atoms with Gasteiger partial charge in [0.25, 0.3) is 0 Å². The molecular formula is C16H28N2O2S. The fourth-order valence-corrected chi connectivity index (χ4v) is 3.72. The van der Waals surface area contributed by atoms with Crippen molar-refractivity contribution in [2.24, 2.45) is 5.92 Å². The summed E-state index contributed by atoms with van der Waals surface area (Å²) in [6.45, 7) is 5.40. The van der Waals surface area contributed by atoms with Crippen molar-refractivity contribution in [3.63, 3.8) is 0 Å². The van der Waals surface area contributed by atoms with Crippen LogP contribution in [-0.4, -0.2) is 35.5 Å². The Kier molecular flexibility index (Phi) is 7.10. The third-order valence-corrected chi connectivity index (χ3v) is 5.06. The van der Waals surface area contributed by atoms with Gasteiger partial charge in [-0.2, -0.15) is 0 Å². The number of aliphatic hydroxyl groups is 1. The van der Waals surface area contributed by atoms with Crippen LogP contribution in [0.3, 0.4) is 0 Å². The highest BCUT2D eigenvalue weighted by Crippen LogP contribution is 2.25. The number of rotatable bonds is 8. The van der Waals surface area contributed by atoms with Crippen LogP contribution in [0.4, 0.5) is 0 Å². The summed E-state index contributed by atoms with van der Waals surface area (Å²) in [6, 6.07) is 0.231. The Bertz CT molecular complexity index is 386. The Morgan fingerprint density at radius 1 is 1.52 bits per heavy atom. The first-order chi connectivity index (χ1) is 10.2. The van der Waals surface area contributed by atoms with E-state index in [1.54, 1.807) is 11.3 Å². The van der Waals surface area contributed by atoms with Crippen LogP contribution in [-0.2, 0) is 4.74 Å². The maximum atomic E-state index is 10.1. The highest BCUT2D eigenvalue weighted by molar-refractivity contribution is 7.09. The fraction of sp³-hybridized carbons (Fsp3) is 0.812. The van der Waals surface area contributed by atoms with E-state index in [0.29, 0.717) is 19.3 Å². The van der Waals surface area contributed by atoms with Crippen molar-refractivity contribution in [1.29, 1.82) is 0 Å². The highest BCUT2D eigenvalue weighted by atomic mass is 32.1. The zero-order valence-electron chi connectivity index (χ0n) is 13.1. The molecule has 1 aliphatic carbocycles. The summed E-state index contributed by atoms with van der Waals surface area (Å²) in [6.07, 6.45) is 7.53. The molecule has 4 unspecified atom stereocenters. The smallest absolute Gasteiger partial charge is 0.109 e. The van der Waals surface area contributed by atoms with Crippen LogP contribution in [0.1, 0.15) is 57.0 Å². The zero-order chi connectivity index (χ0) is 15.1. The van der Waals surface area contributed by atoms with E-state index in [-0.39, 0.29) is 6.04 Å². The predicted octanol–water partition coefficient (Wildman–Crippen LogP) is 3.14. The van der Waals surface area contributed by atoms with Gasteiger partial charge in [0, 0.05) is 18.1 Å². The number of thiazole rings is 1. The van der Waals surface area contributed by atoms with Crippen LogP contribution in [0.15, 0.2) is 11.6 Å². The van der Waals surface area contributed by atoms with E-state index < -0.39 is 6.10 Å². The standard InChI is InChI=1S/C16H28N2O2S/c1-3-15(16-17-7-8-21-16)18-10-13(19)11-20-14-6-4-5-12(2)9-14/h7-8,12-15,18-19H,3-6,9-11H2,1-2H3. The van der Waals surface area contributed by atoms with E-state index in [1.807, 2.05) is 11.6 Å². The van der Waals surface area contributed by atoms with Gasteiger partial charge < -0.3 is 15.2 Å². The van der Waals surface area contributed by atoms with E-state index in [4.69, 9.17) is 4.74 Å². The molecular weight excluding hydrogens is 284 g/mol. The Hall–Kier alpha value is -0.490. The van der Waals surface area contributed by atoms with Crippen LogP contribution >= 0.6 is 11.3 Å². The summed E-state index contributed by atoms with van der Waals surface area (Å²) in [5, 5.41) is 16.5. The van der Waals surface area contributed by atoms with Gasteiger partial charge in [-0.1, -0.05) is 26.7 Å². The van der Waals surface area contributed by atoms with Crippen molar-refractivity contribution in [3.05, 3.63) is 16.6 Å². The van der Waals surface area contributed by atoms with Crippen LogP contribution in [0.2, 0.25) is 0 Å². The quantitative estimate of drug-likeness (QED) is 0.774. The predicted molar refractivity (Wildman–Crippen MR) is 86.5 cm³/mol. The van der Waals surface area contributed by atoms with Gasteiger partial charge in [0.2, 0.25) is 0 Å². The molecule has 21 heavy (non-hydrogen) atoms. The van der Waals surface area contributed by atoms with Gasteiger partial charge in [-0.05, 0) is 25.2 Å². The molecule has 1 saturated carbocycles. The molecule has 1 fully saturated rings. The Morgan fingerprint density at radius 3 is 3.05 bits per heavy atom. The van der Waals surface area contributed by atoms with Gasteiger partial charge in [0.15, 0.2) is 0 Å². The minimum atomic E-state index is -0.448. The topological polar surface area (TPSA) is 54.4 Å². The molecule has 2 rings (SSSR count). The first-order valence-electron chi connectivity index (χ1n) is 8.11. The van der Waals surface area contributed by atoms with Crippen molar-refractivity contribution in [2.75, 3.05) is 13.2 Å². The largest absolute Gasteiger partial charge is 0.389 e. The van der Waals surface area contributed by atoms with Gasteiger partial charge >= 0.3 is 0 Å². The van der Waals surface area contributed by atoms with Crippen LogP contribution in [0.5, 0.6) is 0 Å². The van der Waals surface area contributed by atoms with Crippen molar-refractivity contribution < 1.29 is 9.84 Å². The minimum Gasteiger partial charge on any atom is -0.389 e. The first kappa shape index (κ1) is 16.9. The Labute approximate surface area is 131 Å². The number of aliphatic hydroxyl groups excluding tert-OH is 1. The summed E-state index contributed by atoms with van der Waals surface area (Å²) < 4.78 is 5.87. The van der Waals surface area contributed by atoms with Crippen LogP contribution in [0, 0.1) is 5.92 Å². The molecule has 1 aromatic rings. The fourth-order valence-electron chi connectivity index (χ4n) is 2.93. The van der Waals surface area contributed by atoms with E-state index >= 15 is 0 Å². The van der Waals surface area contributed by atoms with E-state index in [2.05, 4.69) is 24.1 Å². The van der Waals surface area contributed by atoms with E-state index in [9.17, 15) is 5.11 Å². The van der Waals surface area contributed by atoms with Crippen molar-refractivity contribution in [3.8, 4) is 0 Å². The minimum absolute atomic E-state index is 0.231. The molecule has 5 heteroatoms. The molecule has 4 nitrogen and oxygen atoms in total. The summed E-state index contributed by atoms with van der Waals surface area (Å²) in [5.74, 6) is 0.758. The molecule has 1 aromatic heterocycles. The van der Waals surface area contributed by atoms with Crippen molar-refractivity contribution >= 4 is 11.3 Å². The third kappa shape index (κ3) is 5.66. The number of hydrogen-bond donors (Lipinski definition) is 2. The SMILES string of the molecule is CCC(NCC(O)COC1CCCC(C)C1)c1nccs1. The first-order valence-corrected chi connectivity index (χ1v) is 8.99. The van der Waals surface area contributed by atoms with Crippen LogP contribution in [0.25, 0.3) is 0 Å². The molecule has 1 aliphatic rings. The number of hydrogen-bond acceptors (Lipinski definition) is 5. The van der Waals surface area contributed by atoms with Crippen molar-refractivity contribution in [2.45, 2.75) is 64.2 Å². The van der Waals surface area contributed by atoms with Gasteiger partial charge in [-0.25, -0.2) is 4.98 Å². The molecule has 120 valence electrons. The maximum absolute atomic E-state index is 10.1. The van der Waals surface area contributed by atoms with Gasteiger partial charge in [0.1, 0.15) is 5.01 Å². The lowest BCUT2D eigenvalue weighted by Crippen LogP contribution is -2.34. The maximum Gasteiger partial charge on any atom is 0.109 e. The van der Waals surface area contributed by atoms with Gasteiger partial charge in [0.05, 0.1) is 24.9 Å². The zero-order valence-corrected chi connectivity index (χ0v) is 13.9. The molecule has 0 spiro atoms. The summed E-state index contributed by atoms with van der Waals surface area (Å²) >= 11 is 1.66. The summed E-state index contributed by atoms with van der Waals surface area (Å²) in [7, 11) is 0. The lowest BCUT2D eigenvalue weighted by Gasteiger charge is -2.28. The second-order valence-electron chi connectivity index (χ2n) is 6.12. The molecule has 0 radical (unpaired) electrons.